The van der Waals surface area contributed by atoms with E-state index in [1.807, 2.05) is 42.6 Å². The summed E-state index contributed by atoms with van der Waals surface area (Å²) < 4.78 is 1.71. The SMILES string of the molecule is CCN(CC)C(CNC(=O)C(=O)c1c(C)nn(-c2ccccc2)c1C)c1ccsc1. The van der Waals surface area contributed by atoms with Gasteiger partial charge in [-0.05, 0) is 61.5 Å². The molecule has 0 saturated heterocycles. The molecule has 158 valence electrons. The van der Waals surface area contributed by atoms with Gasteiger partial charge in [0.05, 0.1) is 28.7 Å². The lowest BCUT2D eigenvalue weighted by Crippen LogP contribution is -2.40. The number of amides is 1. The minimum atomic E-state index is -0.596. The molecule has 0 aliphatic carbocycles. The third kappa shape index (κ3) is 4.52. The fourth-order valence-electron chi connectivity index (χ4n) is 3.76. The number of aryl methyl sites for hydroxylation is 1. The van der Waals surface area contributed by atoms with Gasteiger partial charge in [0.1, 0.15) is 0 Å². The summed E-state index contributed by atoms with van der Waals surface area (Å²) in [6.07, 6.45) is 0. The second kappa shape index (κ2) is 9.82. The van der Waals surface area contributed by atoms with Gasteiger partial charge in [-0.2, -0.15) is 16.4 Å². The zero-order valence-corrected chi connectivity index (χ0v) is 18.7. The predicted octanol–water partition coefficient (Wildman–Crippen LogP) is 3.93. The maximum Gasteiger partial charge on any atom is 0.292 e. The summed E-state index contributed by atoms with van der Waals surface area (Å²) in [5.41, 5.74) is 3.59. The molecule has 1 aromatic carbocycles. The maximum atomic E-state index is 13.0. The molecule has 2 heterocycles. The highest BCUT2D eigenvalue weighted by Gasteiger charge is 2.26. The molecule has 7 heteroatoms. The third-order valence-electron chi connectivity index (χ3n) is 5.36. The van der Waals surface area contributed by atoms with E-state index in [0.717, 1.165) is 24.3 Å². The number of carbonyl (C=O) groups excluding carboxylic acids is 2. The van der Waals surface area contributed by atoms with Gasteiger partial charge in [0.15, 0.2) is 0 Å². The summed E-state index contributed by atoms with van der Waals surface area (Å²) in [5.74, 6) is -1.14. The van der Waals surface area contributed by atoms with Gasteiger partial charge in [-0.3, -0.25) is 14.5 Å². The predicted molar refractivity (Wildman–Crippen MR) is 120 cm³/mol. The lowest BCUT2D eigenvalue weighted by Gasteiger charge is -2.29. The fraction of sp³-hybridized carbons (Fsp3) is 0.348. The molecule has 30 heavy (non-hydrogen) atoms. The van der Waals surface area contributed by atoms with Crippen LogP contribution < -0.4 is 5.32 Å². The first kappa shape index (κ1) is 21.9. The van der Waals surface area contributed by atoms with Crippen LogP contribution in [0, 0.1) is 13.8 Å². The second-order valence-electron chi connectivity index (χ2n) is 7.13. The Kier molecular flexibility index (Phi) is 7.18. The van der Waals surface area contributed by atoms with E-state index in [2.05, 4.69) is 40.6 Å². The molecule has 0 saturated carbocycles. The standard InChI is InChI=1S/C23H28N4O2S/c1-5-26(6-2)20(18-12-13-30-15-18)14-24-23(29)22(28)21-16(3)25-27(17(21)4)19-10-8-7-9-11-19/h7-13,15,20H,5-6,14H2,1-4H3,(H,24,29). The number of hydrogen-bond donors (Lipinski definition) is 1. The van der Waals surface area contributed by atoms with Gasteiger partial charge in [-0.25, -0.2) is 4.68 Å². The number of para-hydroxylation sites is 1. The third-order valence-corrected chi connectivity index (χ3v) is 6.06. The number of aromatic nitrogens is 2. The number of nitrogens with one attached hydrogen (secondary N) is 1. The molecule has 1 unspecified atom stereocenters. The molecule has 2 aromatic heterocycles. The van der Waals surface area contributed by atoms with E-state index >= 15 is 0 Å². The first-order chi connectivity index (χ1) is 14.5. The minimum Gasteiger partial charge on any atom is -0.347 e. The Morgan fingerprint density at radius 1 is 1.13 bits per heavy atom. The molecule has 0 fully saturated rings. The summed E-state index contributed by atoms with van der Waals surface area (Å²) in [6, 6.07) is 11.7. The van der Waals surface area contributed by atoms with E-state index in [1.165, 1.54) is 0 Å². The molecule has 1 atom stereocenters. The van der Waals surface area contributed by atoms with Crippen LogP contribution in [0.2, 0.25) is 0 Å². The van der Waals surface area contributed by atoms with E-state index in [9.17, 15) is 9.59 Å². The Morgan fingerprint density at radius 3 is 2.43 bits per heavy atom. The second-order valence-corrected chi connectivity index (χ2v) is 7.91. The number of nitrogens with zero attached hydrogens (tertiary/aromatic N) is 3. The summed E-state index contributed by atoms with van der Waals surface area (Å²) in [5, 5.41) is 11.5. The number of rotatable bonds is 9. The lowest BCUT2D eigenvalue weighted by atomic mass is 10.1. The first-order valence-electron chi connectivity index (χ1n) is 10.2. The van der Waals surface area contributed by atoms with Crippen LogP contribution in [0.4, 0.5) is 0 Å². The number of carbonyl (C=O) groups is 2. The highest BCUT2D eigenvalue weighted by Crippen LogP contribution is 2.23. The average molecular weight is 425 g/mol. The Bertz CT molecular complexity index is 992. The number of ketones is 1. The maximum absolute atomic E-state index is 13.0. The molecule has 3 aromatic rings. The van der Waals surface area contributed by atoms with Crippen LogP contribution >= 0.6 is 11.3 Å². The van der Waals surface area contributed by atoms with E-state index in [1.54, 1.807) is 22.9 Å². The molecular weight excluding hydrogens is 396 g/mol. The van der Waals surface area contributed by atoms with Gasteiger partial charge in [0.25, 0.3) is 11.7 Å². The number of Topliss-reactive ketones (excluding diaryl/α,β-unsaturated/α-hetero) is 1. The van der Waals surface area contributed by atoms with Crippen LogP contribution in [-0.2, 0) is 4.79 Å². The van der Waals surface area contributed by atoms with Crippen LogP contribution in [0.1, 0.15) is 47.2 Å². The van der Waals surface area contributed by atoms with Crippen molar-refractivity contribution in [3.05, 3.63) is 69.7 Å². The molecule has 6 nitrogen and oxygen atoms in total. The molecule has 1 N–H and O–H groups in total. The highest BCUT2D eigenvalue weighted by atomic mass is 32.1. The monoisotopic (exact) mass is 424 g/mol. The van der Waals surface area contributed by atoms with Gasteiger partial charge >= 0.3 is 0 Å². The van der Waals surface area contributed by atoms with Crippen molar-refractivity contribution in [3.63, 3.8) is 0 Å². The van der Waals surface area contributed by atoms with Gasteiger partial charge in [0, 0.05) is 6.54 Å². The summed E-state index contributed by atoms with van der Waals surface area (Å²) in [4.78, 5) is 28.0. The number of hydrogen-bond acceptors (Lipinski definition) is 5. The Hall–Kier alpha value is -2.77. The molecular formula is C23H28N4O2S. The summed E-state index contributed by atoms with van der Waals surface area (Å²) >= 11 is 1.63. The van der Waals surface area contributed by atoms with Crippen molar-refractivity contribution >= 4 is 23.0 Å². The van der Waals surface area contributed by atoms with Gasteiger partial charge in [0.2, 0.25) is 0 Å². The highest BCUT2D eigenvalue weighted by molar-refractivity contribution is 7.08. The molecule has 0 spiro atoms. The zero-order valence-electron chi connectivity index (χ0n) is 17.9. The number of benzene rings is 1. The Morgan fingerprint density at radius 2 is 1.83 bits per heavy atom. The molecule has 0 bridgehead atoms. The van der Waals surface area contributed by atoms with Crippen molar-refractivity contribution in [1.82, 2.24) is 20.0 Å². The fourth-order valence-corrected chi connectivity index (χ4v) is 4.47. The normalized spacial score (nSPS) is 12.2. The minimum absolute atomic E-state index is 0.0391. The average Bonchev–Trinajstić information content (AvgIpc) is 3.39. The smallest absolute Gasteiger partial charge is 0.292 e. The number of thiophene rings is 1. The quantitative estimate of drug-likeness (QED) is 0.417. The molecule has 1 amide bonds. The van der Waals surface area contributed by atoms with Crippen molar-refractivity contribution in [2.24, 2.45) is 0 Å². The van der Waals surface area contributed by atoms with E-state index in [-0.39, 0.29) is 6.04 Å². The molecule has 0 radical (unpaired) electrons. The van der Waals surface area contributed by atoms with Crippen molar-refractivity contribution in [3.8, 4) is 5.69 Å². The summed E-state index contributed by atoms with van der Waals surface area (Å²) in [6.45, 7) is 9.88. The first-order valence-corrected chi connectivity index (χ1v) is 11.1. The number of likely N-dealkylation sites (N-methyl/N-ethyl adjacent to an activating group) is 1. The van der Waals surface area contributed by atoms with Gasteiger partial charge in [-0.15, -0.1) is 0 Å². The van der Waals surface area contributed by atoms with Crippen molar-refractivity contribution < 1.29 is 9.59 Å². The van der Waals surface area contributed by atoms with Crippen LogP contribution in [0.3, 0.4) is 0 Å². The van der Waals surface area contributed by atoms with Crippen molar-refractivity contribution in [2.45, 2.75) is 33.7 Å². The van der Waals surface area contributed by atoms with Crippen LogP contribution in [0.15, 0.2) is 47.2 Å². The van der Waals surface area contributed by atoms with Crippen LogP contribution in [0.5, 0.6) is 0 Å². The van der Waals surface area contributed by atoms with Gasteiger partial charge in [-0.1, -0.05) is 32.0 Å². The molecule has 0 aliphatic heterocycles. The zero-order chi connectivity index (χ0) is 21.7. The molecule has 0 aliphatic rings. The molecule has 3 rings (SSSR count). The van der Waals surface area contributed by atoms with Crippen molar-refractivity contribution in [1.29, 1.82) is 0 Å². The topological polar surface area (TPSA) is 67.2 Å². The Labute approximate surface area is 181 Å². The van der Waals surface area contributed by atoms with Gasteiger partial charge < -0.3 is 5.32 Å². The Balaban J connectivity index is 1.77. The summed E-state index contributed by atoms with van der Waals surface area (Å²) in [7, 11) is 0. The van der Waals surface area contributed by atoms with E-state index in [0.29, 0.717) is 23.5 Å². The van der Waals surface area contributed by atoms with Crippen molar-refractivity contribution in [2.75, 3.05) is 19.6 Å². The largest absolute Gasteiger partial charge is 0.347 e. The van der Waals surface area contributed by atoms with Crippen LogP contribution in [0.25, 0.3) is 5.69 Å². The van der Waals surface area contributed by atoms with Crippen LogP contribution in [-0.4, -0.2) is 46.0 Å². The van der Waals surface area contributed by atoms with E-state index < -0.39 is 11.7 Å². The lowest BCUT2D eigenvalue weighted by molar-refractivity contribution is -0.117. The van der Waals surface area contributed by atoms with E-state index in [4.69, 9.17) is 0 Å².